The smallest absolute Gasteiger partial charge is 0.117 e. The van der Waals surface area contributed by atoms with E-state index in [1.807, 2.05) is 0 Å². The Hall–Kier alpha value is -0.740. The first kappa shape index (κ1) is 9.35. The highest BCUT2D eigenvalue weighted by Crippen LogP contribution is 2.25. The van der Waals surface area contributed by atoms with Crippen LogP contribution >= 0.6 is 11.6 Å². The van der Waals surface area contributed by atoms with Crippen molar-refractivity contribution in [1.29, 1.82) is 0 Å². The maximum atomic E-state index is 10.7. The van der Waals surface area contributed by atoms with Gasteiger partial charge in [0.1, 0.15) is 16.7 Å². The van der Waals surface area contributed by atoms with Crippen molar-refractivity contribution in [3.8, 4) is 5.75 Å². The fourth-order valence-electron chi connectivity index (χ4n) is 0.742. The summed E-state index contributed by atoms with van der Waals surface area (Å²) in [5, 5.41) is 9.34. The molecule has 0 fully saturated rings. The Morgan fingerprint density at radius 1 is 1.58 bits per heavy atom. The third-order valence-corrected chi connectivity index (χ3v) is 2.03. The highest BCUT2D eigenvalue weighted by atomic mass is 35.5. The molecule has 0 saturated heterocycles. The molecule has 0 saturated carbocycles. The van der Waals surface area contributed by atoms with Crippen molar-refractivity contribution < 1.29 is 9.32 Å². The van der Waals surface area contributed by atoms with Gasteiger partial charge in [-0.3, -0.25) is 0 Å². The molecule has 0 aromatic heterocycles. The molecular weight excluding hydrogens is 198 g/mol. The molecule has 1 atom stereocenters. The molecule has 66 valence electrons. The maximum Gasteiger partial charge on any atom is 0.117 e. The molecule has 0 aliphatic heterocycles. The number of aromatic hydroxyl groups is 1. The normalized spacial score (nSPS) is 12.5. The van der Waals surface area contributed by atoms with Crippen LogP contribution in [0.25, 0.3) is 0 Å². The van der Waals surface area contributed by atoms with E-state index in [0.29, 0.717) is 10.7 Å². The van der Waals surface area contributed by atoms with Crippen LogP contribution in [0, 0.1) is 0 Å². The molecule has 12 heavy (non-hydrogen) atoms. The van der Waals surface area contributed by atoms with Crippen molar-refractivity contribution in [2.45, 2.75) is 0 Å². The van der Waals surface area contributed by atoms with Crippen LogP contribution < -0.4 is 4.72 Å². The average molecular weight is 206 g/mol. The van der Waals surface area contributed by atoms with Gasteiger partial charge in [0.05, 0.1) is 10.7 Å². The van der Waals surface area contributed by atoms with E-state index in [2.05, 4.69) is 4.72 Å². The number of phenols is 1. The second-order valence-corrected chi connectivity index (χ2v) is 3.74. The van der Waals surface area contributed by atoms with Crippen LogP contribution in [0.5, 0.6) is 5.75 Å². The van der Waals surface area contributed by atoms with Gasteiger partial charge in [-0.05, 0) is 12.1 Å². The molecule has 3 nitrogen and oxygen atoms in total. The number of rotatable bonds is 2. The Morgan fingerprint density at radius 3 is 2.75 bits per heavy atom. The highest BCUT2D eigenvalue weighted by Gasteiger charge is 2.01. The molecular formula is C7H8ClNO2S. The number of halogens is 1. The second kappa shape index (κ2) is 3.78. The van der Waals surface area contributed by atoms with Crippen molar-refractivity contribution in [3.05, 3.63) is 23.2 Å². The van der Waals surface area contributed by atoms with Crippen LogP contribution in [0.4, 0.5) is 5.69 Å². The second-order valence-electron chi connectivity index (χ2n) is 2.22. The molecule has 1 aromatic carbocycles. The number of benzene rings is 1. The van der Waals surface area contributed by atoms with Crippen LogP contribution in [-0.2, 0) is 11.0 Å². The highest BCUT2D eigenvalue weighted by molar-refractivity contribution is 7.85. The largest absolute Gasteiger partial charge is 0.508 e. The van der Waals surface area contributed by atoms with Gasteiger partial charge < -0.3 is 9.83 Å². The van der Waals surface area contributed by atoms with Gasteiger partial charge in [-0.15, -0.1) is 0 Å². The Kier molecular flexibility index (Phi) is 2.94. The zero-order chi connectivity index (χ0) is 9.14. The van der Waals surface area contributed by atoms with Crippen molar-refractivity contribution >= 4 is 28.3 Å². The number of hydrogen-bond donors (Lipinski definition) is 2. The topological polar surface area (TPSA) is 49.3 Å². The zero-order valence-electron chi connectivity index (χ0n) is 6.37. The van der Waals surface area contributed by atoms with E-state index < -0.39 is 11.0 Å². The summed E-state index contributed by atoms with van der Waals surface area (Å²) in [6.45, 7) is 0. The molecule has 1 unspecified atom stereocenters. The average Bonchev–Trinajstić information content (AvgIpc) is 1.94. The van der Waals surface area contributed by atoms with Gasteiger partial charge in [0.15, 0.2) is 0 Å². The van der Waals surface area contributed by atoms with E-state index in [9.17, 15) is 4.21 Å². The van der Waals surface area contributed by atoms with Crippen molar-refractivity contribution in [2.24, 2.45) is 0 Å². The lowest BCUT2D eigenvalue weighted by molar-refractivity contribution is 0.475. The lowest BCUT2D eigenvalue weighted by atomic mass is 10.3. The maximum absolute atomic E-state index is 10.7. The van der Waals surface area contributed by atoms with E-state index >= 15 is 0 Å². The predicted molar refractivity (Wildman–Crippen MR) is 50.8 cm³/mol. The minimum Gasteiger partial charge on any atom is -0.508 e. The summed E-state index contributed by atoms with van der Waals surface area (Å²) in [4.78, 5) is 0. The fraction of sp³-hybridized carbons (Fsp3) is 0.143. The molecule has 2 N–H and O–H groups in total. The first-order valence-electron chi connectivity index (χ1n) is 3.18. The quantitative estimate of drug-likeness (QED) is 0.723. The first-order valence-corrected chi connectivity index (χ1v) is 5.12. The molecule has 1 aromatic rings. The zero-order valence-corrected chi connectivity index (χ0v) is 7.95. The van der Waals surface area contributed by atoms with E-state index in [0.717, 1.165) is 0 Å². The van der Waals surface area contributed by atoms with E-state index in [4.69, 9.17) is 16.7 Å². The van der Waals surface area contributed by atoms with Crippen molar-refractivity contribution in [1.82, 2.24) is 0 Å². The van der Waals surface area contributed by atoms with Gasteiger partial charge in [-0.1, -0.05) is 11.6 Å². The third kappa shape index (κ3) is 2.39. The molecule has 1 rings (SSSR count). The lowest BCUT2D eigenvalue weighted by Crippen LogP contribution is -2.01. The lowest BCUT2D eigenvalue weighted by Gasteiger charge is -2.04. The minimum absolute atomic E-state index is 0.0902. The van der Waals surface area contributed by atoms with Crippen LogP contribution in [0.2, 0.25) is 5.02 Å². The molecule has 0 spiro atoms. The summed E-state index contributed by atoms with van der Waals surface area (Å²) in [7, 11) is -1.15. The van der Waals surface area contributed by atoms with Gasteiger partial charge in [-0.25, -0.2) is 4.21 Å². The van der Waals surface area contributed by atoms with Crippen molar-refractivity contribution in [2.75, 3.05) is 11.0 Å². The van der Waals surface area contributed by atoms with Crippen molar-refractivity contribution in [3.63, 3.8) is 0 Å². The monoisotopic (exact) mass is 205 g/mol. The molecule has 0 amide bonds. The van der Waals surface area contributed by atoms with Gasteiger partial charge in [-0.2, -0.15) is 0 Å². The number of anilines is 1. The molecule has 0 radical (unpaired) electrons. The summed E-state index contributed by atoms with van der Waals surface area (Å²) in [6.07, 6.45) is 1.50. The Morgan fingerprint density at radius 2 is 2.25 bits per heavy atom. The Bertz CT molecular complexity index is 316. The Labute approximate surface area is 78.0 Å². The van der Waals surface area contributed by atoms with E-state index in [1.165, 1.54) is 18.4 Å². The minimum atomic E-state index is -1.15. The summed E-state index contributed by atoms with van der Waals surface area (Å²) >= 11 is 5.72. The van der Waals surface area contributed by atoms with Crippen LogP contribution in [0.15, 0.2) is 18.2 Å². The molecule has 0 aliphatic rings. The standard InChI is InChI=1S/C7H8ClNO2S/c1-12(11)9-7-3-2-5(10)4-6(7)8/h2-4,9-10H,1H3. The summed E-state index contributed by atoms with van der Waals surface area (Å²) in [6, 6.07) is 4.43. The van der Waals surface area contributed by atoms with Crippen LogP contribution in [0.1, 0.15) is 0 Å². The number of nitrogens with one attached hydrogen (secondary N) is 1. The summed E-state index contributed by atoms with van der Waals surface area (Å²) in [5.41, 5.74) is 0.551. The van der Waals surface area contributed by atoms with E-state index in [1.54, 1.807) is 6.07 Å². The van der Waals surface area contributed by atoms with Gasteiger partial charge >= 0.3 is 0 Å². The van der Waals surface area contributed by atoms with Crippen LogP contribution in [-0.4, -0.2) is 15.6 Å². The number of hydrogen-bond acceptors (Lipinski definition) is 2. The van der Waals surface area contributed by atoms with E-state index in [-0.39, 0.29) is 5.75 Å². The molecule has 0 bridgehead atoms. The fourth-order valence-corrected chi connectivity index (χ4v) is 1.51. The Balaban J connectivity index is 2.93. The SMILES string of the molecule is CS(=O)Nc1ccc(O)cc1Cl. The van der Waals surface area contributed by atoms with Gasteiger partial charge in [0, 0.05) is 12.3 Å². The number of phenolic OH excluding ortho intramolecular Hbond substituents is 1. The first-order chi connectivity index (χ1) is 5.59. The predicted octanol–water partition coefficient (Wildman–Crippen LogP) is 1.75. The third-order valence-electron chi connectivity index (χ3n) is 1.21. The summed E-state index contributed by atoms with van der Waals surface area (Å²) in [5.74, 6) is 0.0902. The summed E-state index contributed by atoms with van der Waals surface area (Å²) < 4.78 is 13.4. The molecule has 0 heterocycles. The molecule has 0 aliphatic carbocycles. The van der Waals surface area contributed by atoms with Gasteiger partial charge in [0.25, 0.3) is 0 Å². The van der Waals surface area contributed by atoms with Gasteiger partial charge in [0.2, 0.25) is 0 Å². The molecule has 5 heteroatoms. The van der Waals surface area contributed by atoms with Crippen LogP contribution in [0.3, 0.4) is 0 Å².